The molecule has 0 saturated carbocycles. The number of amides is 2. The molecule has 1 saturated heterocycles. The van der Waals surface area contributed by atoms with Gasteiger partial charge in [-0.2, -0.15) is 5.10 Å². The molecular weight excluding hydrogens is 294 g/mol. The van der Waals surface area contributed by atoms with Crippen LogP contribution in [0.1, 0.15) is 18.1 Å². The predicted octanol–water partition coefficient (Wildman–Crippen LogP) is 1.30. The third-order valence-electron chi connectivity index (χ3n) is 3.98. The average Bonchev–Trinajstić information content (AvgIpc) is 3.02. The molecule has 2 aromatic rings. The van der Waals surface area contributed by atoms with Gasteiger partial charge in [0.1, 0.15) is 11.6 Å². The van der Waals surface area contributed by atoms with Gasteiger partial charge in [-0.3, -0.25) is 9.59 Å². The van der Waals surface area contributed by atoms with Crippen molar-refractivity contribution in [1.82, 2.24) is 19.7 Å². The summed E-state index contributed by atoms with van der Waals surface area (Å²) in [5.41, 5.74) is 1.42. The van der Waals surface area contributed by atoms with E-state index >= 15 is 0 Å². The molecule has 1 fully saturated rings. The van der Waals surface area contributed by atoms with Gasteiger partial charge in [0.15, 0.2) is 0 Å². The van der Waals surface area contributed by atoms with Crippen LogP contribution in [0, 0.1) is 19.8 Å². The lowest BCUT2D eigenvalue weighted by molar-refractivity contribution is -0.127. The molecule has 120 valence electrons. The lowest BCUT2D eigenvalue weighted by atomic mass is 10.1. The summed E-state index contributed by atoms with van der Waals surface area (Å²) in [5.74, 6) is 0.955. The number of aromatic nitrogens is 3. The summed E-state index contributed by atoms with van der Waals surface area (Å²) in [7, 11) is 1.71. The van der Waals surface area contributed by atoms with Crippen LogP contribution in [0.2, 0.25) is 0 Å². The highest BCUT2D eigenvalue weighted by molar-refractivity contribution is 5.98. The third kappa shape index (κ3) is 2.94. The molecule has 3 rings (SSSR count). The van der Waals surface area contributed by atoms with E-state index in [1.807, 2.05) is 38.1 Å². The van der Waals surface area contributed by atoms with Gasteiger partial charge in [0.25, 0.3) is 0 Å². The van der Waals surface area contributed by atoms with E-state index in [0.717, 1.165) is 11.5 Å². The summed E-state index contributed by atoms with van der Waals surface area (Å²) in [6.07, 6.45) is 0.256. The highest BCUT2D eigenvalue weighted by Gasteiger charge is 2.32. The van der Waals surface area contributed by atoms with Gasteiger partial charge in [-0.1, -0.05) is 12.1 Å². The zero-order chi connectivity index (χ0) is 16.6. The first kappa shape index (κ1) is 15.2. The van der Waals surface area contributed by atoms with E-state index in [2.05, 4.69) is 15.4 Å². The Morgan fingerprint density at radius 2 is 2.04 bits per heavy atom. The van der Waals surface area contributed by atoms with Crippen molar-refractivity contribution in [3.8, 4) is 5.69 Å². The van der Waals surface area contributed by atoms with Crippen molar-refractivity contribution in [1.29, 1.82) is 0 Å². The molecule has 1 aromatic heterocycles. The van der Waals surface area contributed by atoms with Crippen molar-refractivity contribution in [2.75, 3.05) is 18.9 Å². The van der Waals surface area contributed by atoms with Crippen LogP contribution in [-0.2, 0) is 9.59 Å². The van der Waals surface area contributed by atoms with Crippen LogP contribution in [0.5, 0.6) is 0 Å². The Morgan fingerprint density at radius 3 is 2.65 bits per heavy atom. The first-order valence-electron chi connectivity index (χ1n) is 7.50. The number of rotatable bonds is 3. The summed E-state index contributed by atoms with van der Waals surface area (Å²) < 4.78 is 1.71. The minimum atomic E-state index is -0.320. The Bertz CT molecular complexity index is 768. The molecule has 1 N–H and O–H groups in total. The van der Waals surface area contributed by atoms with Crippen LogP contribution >= 0.6 is 0 Å². The minimum Gasteiger partial charge on any atom is -0.345 e. The van der Waals surface area contributed by atoms with Crippen molar-refractivity contribution in [2.45, 2.75) is 20.3 Å². The van der Waals surface area contributed by atoms with Crippen LogP contribution < -0.4 is 5.32 Å². The second-order valence-corrected chi connectivity index (χ2v) is 5.80. The Kier molecular flexibility index (Phi) is 3.85. The monoisotopic (exact) mass is 313 g/mol. The van der Waals surface area contributed by atoms with E-state index in [1.54, 1.807) is 16.6 Å². The normalized spacial score (nSPS) is 17.6. The van der Waals surface area contributed by atoms with Crippen LogP contribution in [0.15, 0.2) is 24.3 Å². The zero-order valence-electron chi connectivity index (χ0n) is 13.4. The maximum absolute atomic E-state index is 12.4. The average molecular weight is 313 g/mol. The highest BCUT2D eigenvalue weighted by atomic mass is 16.2. The van der Waals surface area contributed by atoms with Crippen molar-refractivity contribution >= 4 is 17.5 Å². The number of carbonyl (C=O) groups excluding carboxylic acids is 2. The number of likely N-dealkylation sites (tertiary alicyclic amines) is 1. The van der Waals surface area contributed by atoms with E-state index < -0.39 is 0 Å². The van der Waals surface area contributed by atoms with Gasteiger partial charge < -0.3 is 10.2 Å². The standard InChI is InChI=1S/C16H19N5O2/c1-10-17-11(2)21(19-10)14-7-5-4-6-13(14)18-16(23)12-8-15(22)20(3)9-12/h4-7,12H,8-9H2,1-3H3,(H,18,23)/t12-/m0/s1. The molecule has 2 amide bonds. The number of para-hydroxylation sites is 2. The van der Waals surface area contributed by atoms with Crippen LogP contribution in [0.4, 0.5) is 5.69 Å². The van der Waals surface area contributed by atoms with Crippen LogP contribution in [0.3, 0.4) is 0 Å². The zero-order valence-corrected chi connectivity index (χ0v) is 13.4. The number of carbonyl (C=O) groups is 2. The lowest BCUT2D eigenvalue weighted by Gasteiger charge is -2.14. The molecule has 1 atom stereocenters. The topological polar surface area (TPSA) is 80.1 Å². The Hall–Kier alpha value is -2.70. The molecule has 0 bridgehead atoms. The van der Waals surface area contributed by atoms with Crippen LogP contribution in [-0.4, -0.2) is 45.1 Å². The molecular formula is C16H19N5O2. The van der Waals surface area contributed by atoms with E-state index in [0.29, 0.717) is 18.1 Å². The molecule has 1 aromatic carbocycles. The summed E-state index contributed by atoms with van der Waals surface area (Å²) >= 11 is 0. The maximum atomic E-state index is 12.4. The third-order valence-corrected chi connectivity index (χ3v) is 3.98. The number of hydrogen-bond donors (Lipinski definition) is 1. The van der Waals surface area contributed by atoms with Crippen molar-refractivity contribution in [2.24, 2.45) is 5.92 Å². The molecule has 0 aliphatic carbocycles. The van der Waals surface area contributed by atoms with Gasteiger partial charge in [0.2, 0.25) is 11.8 Å². The minimum absolute atomic E-state index is 0.00109. The van der Waals surface area contributed by atoms with Gasteiger partial charge in [0.05, 0.1) is 17.3 Å². The molecule has 0 unspecified atom stereocenters. The first-order valence-corrected chi connectivity index (χ1v) is 7.50. The number of aryl methyl sites for hydroxylation is 2. The van der Waals surface area contributed by atoms with Crippen molar-refractivity contribution in [3.05, 3.63) is 35.9 Å². The fraction of sp³-hybridized carbons (Fsp3) is 0.375. The van der Waals surface area contributed by atoms with E-state index in [9.17, 15) is 9.59 Å². The second kappa shape index (κ2) is 5.83. The Morgan fingerprint density at radius 1 is 1.30 bits per heavy atom. The number of benzene rings is 1. The number of nitrogens with one attached hydrogen (secondary N) is 1. The molecule has 0 radical (unpaired) electrons. The van der Waals surface area contributed by atoms with Gasteiger partial charge in [0, 0.05) is 20.0 Å². The van der Waals surface area contributed by atoms with Gasteiger partial charge >= 0.3 is 0 Å². The maximum Gasteiger partial charge on any atom is 0.229 e. The van der Waals surface area contributed by atoms with E-state index in [4.69, 9.17) is 0 Å². The number of anilines is 1. The SMILES string of the molecule is Cc1nc(C)n(-c2ccccc2NC(=O)[C@H]2CC(=O)N(C)C2)n1. The first-order chi connectivity index (χ1) is 11.0. The summed E-state index contributed by atoms with van der Waals surface area (Å²) in [6, 6.07) is 7.44. The quantitative estimate of drug-likeness (QED) is 0.926. The highest BCUT2D eigenvalue weighted by Crippen LogP contribution is 2.23. The molecule has 7 nitrogen and oxygen atoms in total. The van der Waals surface area contributed by atoms with E-state index in [1.165, 1.54) is 0 Å². The predicted molar refractivity (Wildman–Crippen MR) is 85.2 cm³/mol. The molecule has 2 heterocycles. The van der Waals surface area contributed by atoms with Crippen LogP contribution in [0.25, 0.3) is 5.69 Å². The van der Waals surface area contributed by atoms with Gasteiger partial charge in [-0.15, -0.1) is 0 Å². The summed E-state index contributed by atoms with van der Waals surface area (Å²) in [5, 5.41) is 7.28. The van der Waals surface area contributed by atoms with Crippen molar-refractivity contribution in [3.63, 3.8) is 0 Å². The molecule has 0 spiro atoms. The number of hydrogen-bond acceptors (Lipinski definition) is 4. The van der Waals surface area contributed by atoms with E-state index in [-0.39, 0.29) is 24.2 Å². The fourth-order valence-electron chi connectivity index (χ4n) is 2.79. The fourth-order valence-corrected chi connectivity index (χ4v) is 2.79. The van der Waals surface area contributed by atoms with Gasteiger partial charge in [-0.05, 0) is 26.0 Å². The molecule has 1 aliphatic heterocycles. The molecule has 7 heteroatoms. The van der Waals surface area contributed by atoms with Gasteiger partial charge in [-0.25, -0.2) is 9.67 Å². The number of nitrogens with zero attached hydrogens (tertiary/aromatic N) is 4. The summed E-state index contributed by atoms with van der Waals surface area (Å²) in [6.45, 7) is 4.14. The molecule has 23 heavy (non-hydrogen) atoms. The smallest absolute Gasteiger partial charge is 0.229 e. The largest absolute Gasteiger partial charge is 0.345 e. The van der Waals surface area contributed by atoms with Crippen molar-refractivity contribution < 1.29 is 9.59 Å². The summed E-state index contributed by atoms with van der Waals surface area (Å²) in [4.78, 5) is 29.9. The lowest BCUT2D eigenvalue weighted by Crippen LogP contribution is -2.26. The Balaban J connectivity index is 1.85. The Labute approximate surface area is 134 Å². The molecule has 1 aliphatic rings. The second-order valence-electron chi connectivity index (χ2n) is 5.80.